The molecule has 3 aliphatic rings. The fourth-order valence-electron chi connectivity index (χ4n) is 3.58. The molecular formula is C19H27N2O9P. The van der Waals surface area contributed by atoms with Crippen LogP contribution in [0, 0.1) is 17.8 Å². The second-order valence-corrected chi connectivity index (χ2v) is 9.08. The number of urea groups is 1. The lowest BCUT2D eigenvalue weighted by atomic mass is 9.83. The van der Waals surface area contributed by atoms with Gasteiger partial charge < -0.3 is 19.9 Å². The van der Waals surface area contributed by atoms with Crippen LogP contribution in [0.15, 0.2) is 12.3 Å². The summed E-state index contributed by atoms with van der Waals surface area (Å²) in [5, 5.41) is 11.9. The first-order valence-corrected chi connectivity index (χ1v) is 11.5. The maximum absolute atomic E-state index is 12.9. The second-order valence-electron chi connectivity index (χ2n) is 7.46. The Labute approximate surface area is 180 Å². The van der Waals surface area contributed by atoms with E-state index in [0.717, 1.165) is 0 Å². The van der Waals surface area contributed by atoms with Crippen LogP contribution >= 0.6 is 7.82 Å². The van der Waals surface area contributed by atoms with E-state index in [9.17, 15) is 19.3 Å². The molecule has 0 aromatic rings. The summed E-state index contributed by atoms with van der Waals surface area (Å²) in [7, 11) is -3.91. The molecule has 172 valence electrons. The summed E-state index contributed by atoms with van der Waals surface area (Å²) in [5.41, 5.74) is -1.17. The number of aliphatic hydroxyl groups is 1. The Kier molecular flexibility index (Phi) is 7.42. The third-order valence-corrected chi connectivity index (χ3v) is 6.66. The molecule has 2 fully saturated rings. The van der Waals surface area contributed by atoms with E-state index in [1.54, 1.807) is 13.8 Å². The molecule has 0 aliphatic carbocycles. The van der Waals surface area contributed by atoms with E-state index in [1.807, 2.05) is 0 Å². The fraction of sp³-hybridized carbons (Fsp3) is 0.684. The van der Waals surface area contributed by atoms with Crippen molar-refractivity contribution in [1.29, 1.82) is 0 Å². The number of ether oxygens (including phenoxy) is 2. The number of terminal acetylenes is 1. The first-order valence-electron chi connectivity index (χ1n) is 10.0. The smallest absolute Gasteiger partial charge is 0.466 e. The van der Waals surface area contributed by atoms with Gasteiger partial charge in [0, 0.05) is 12.6 Å². The number of phosphoric ester groups is 1. The molecule has 0 aromatic heterocycles. The number of carbonyl (C=O) groups excluding carboxylic acids is 2. The average molecular weight is 458 g/mol. The average Bonchev–Trinajstić information content (AvgIpc) is 3.00. The number of esters is 1. The number of hydrogen-bond acceptors (Lipinski definition) is 9. The summed E-state index contributed by atoms with van der Waals surface area (Å²) in [6.07, 6.45) is 6.13. The summed E-state index contributed by atoms with van der Waals surface area (Å²) < 4.78 is 40.1. The Balaban J connectivity index is 1.61. The van der Waals surface area contributed by atoms with Crippen molar-refractivity contribution in [1.82, 2.24) is 10.2 Å². The van der Waals surface area contributed by atoms with Crippen LogP contribution in [0.2, 0.25) is 0 Å². The third kappa shape index (κ3) is 5.12. The van der Waals surface area contributed by atoms with Gasteiger partial charge >= 0.3 is 19.8 Å². The molecule has 3 aliphatic heterocycles. The molecular weight excluding hydrogens is 431 g/mol. The van der Waals surface area contributed by atoms with Crippen LogP contribution in [-0.4, -0.2) is 66.5 Å². The van der Waals surface area contributed by atoms with Crippen LogP contribution in [-0.2, 0) is 32.4 Å². The highest BCUT2D eigenvalue weighted by Gasteiger charge is 2.61. The standard InChI is InChI=1S/C19H27N2O9P/c1-4-19(3)16-13(29-17(19)21-10-9-14(22)20-18(21)24)12-28-31(25,30-16)27-11-7-6-8-15(23)26-5-2/h1,9-10,13-14,16-17,22H,5-8,11-12H2,2-3H3,(H,20,24)/t13-,14?,16-,17-,19-,31-/m1/s1. The Bertz CT molecular complexity index is 813. The summed E-state index contributed by atoms with van der Waals surface area (Å²) in [5.74, 6) is 2.30. The minimum Gasteiger partial charge on any atom is -0.466 e. The predicted octanol–water partition coefficient (Wildman–Crippen LogP) is 1.48. The molecule has 2 amide bonds. The number of hydrogen-bond donors (Lipinski definition) is 2. The number of amides is 2. The normalized spacial score (nSPS) is 37.1. The molecule has 1 unspecified atom stereocenters. The van der Waals surface area contributed by atoms with Crippen molar-refractivity contribution in [2.45, 2.75) is 57.8 Å². The molecule has 0 spiro atoms. The first-order chi connectivity index (χ1) is 14.7. The molecule has 2 saturated heterocycles. The number of fused-ring (bicyclic) bond motifs is 1. The van der Waals surface area contributed by atoms with E-state index in [4.69, 9.17) is 29.5 Å². The lowest BCUT2D eigenvalue weighted by molar-refractivity contribution is -0.143. The van der Waals surface area contributed by atoms with Gasteiger partial charge in [-0.2, -0.15) is 0 Å². The minimum absolute atomic E-state index is 0.0558. The van der Waals surface area contributed by atoms with Gasteiger partial charge in [-0.3, -0.25) is 23.3 Å². The molecule has 2 N–H and O–H groups in total. The monoisotopic (exact) mass is 458 g/mol. The van der Waals surface area contributed by atoms with Crippen molar-refractivity contribution < 1.29 is 42.3 Å². The van der Waals surface area contributed by atoms with E-state index >= 15 is 0 Å². The van der Waals surface area contributed by atoms with Gasteiger partial charge in [0.1, 0.15) is 23.9 Å². The highest BCUT2D eigenvalue weighted by Crippen LogP contribution is 2.59. The van der Waals surface area contributed by atoms with Gasteiger partial charge in [0.15, 0.2) is 6.23 Å². The summed E-state index contributed by atoms with van der Waals surface area (Å²) in [6, 6.07) is -0.595. The molecule has 0 saturated carbocycles. The highest BCUT2D eigenvalue weighted by atomic mass is 31.2. The van der Waals surface area contributed by atoms with Crippen molar-refractivity contribution in [2.75, 3.05) is 19.8 Å². The number of carbonyl (C=O) groups is 2. The Morgan fingerprint density at radius 3 is 2.97 bits per heavy atom. The van der Waals surface area contributed by atoms with E-state index in [0.29, 0.717) is 19.4 Å². The van der Waals surface area contributed by atoms with E-state index in [2.05, 4.69) is 11.2 Å². The molecule has 6 atom stereocenters. The largest absolute Gasteiger partial charge is 0.475 e. The van der Waals surface area contributed by atoms with Crippen LogP contribution in [0.3, 0.4) is 0 Å². The van der Waals surface area contributed by atoms with Gasteiger partial charge in [0.2, 0.25) is 0 Å². The van der Waals surface area contributed by atoms with Crippen molar-refractivity contribution in [3.63, 3.8) is 0 Å². The Hall–Kier alpha value is -1.93. The van der Waals surface area contributed by atoms with Crippen LogP contribution < -0.4 is 5.32 Å². The van der Waals surface area contributed by atoms with Gasteiger partial charge in [-0.05, 0) is 32.8 Å². The summed E-state index contributed by atoms with van der Waals surface area (Å²) >= 11 is 0. The van der Waals surface area contributed by atoms with E-state index in [-0.39, 0.29) is 25.6 Å². The number of phosphoric acid groups is 1. The second kappa shape index (κ2) is 9.69. The van der Waals surface area contributed by atoms with Crippen LogP contribution in [0.5, 0.6) is 0 Å². The van der Waals surface area contributed by atoms with E-state index < -0.39 is 43.9 Å². The van der Waals surface area contributed by atoms with Gasteiger partial charge in [-0.15, -0.1) is 6.42 Å². The fourth-order valence-corrected chi connectivity index (χ4v) is 5.09. The van der Waals surface area contributed by atoms with Crippen molar-refractivity contribution >= 4 is 19.8 Å². The van der Waals surface area contributed by atoms with Crippen molar-refractivity contribution in [3.05, 3.63) is 12.3 Å². The minimum atomic E-state index is -3.91. The lowest BCUT2D eigenvalue weighted by Gasteiger charge is -2.38. The topological polar surface area (TPSA) is 133 Å². The van der Waals surface area contributed by atoms with Crippen LogP contribution in [0.1, 0.15) is 33.1 Å². The quantitative estimate of drug-likeness (QED) is 0.240. The Morgan fingerprint density at radius 1 is 1.52 bits per heavy atom. The van der Waals surface area contributed by atoms with Crippen LogP contribution in [0.25, 0.3) is 0 Å². The number of aliphatic hydroxyl groups excluding tert-OH is 1. The SMILES string of the molecule is C#C[C@]1(C)[C@@H]2O[P@](=O)(OCCCCC(=O)OCC)OC[C@H]2O[C@H]1N1C=CC(O)NC1=O. The molecule has 0 bridgehead atoms. The summed E-state index contributed by atoms with van der Waals surface area (Å²) in [6.45, 7) is 3.67. The number of unbranched alkanes of at least 4 members (excludes halogenated alkanes) is 1. The third-order valence-electron chi connectivity index (χ3n) is 5.21. The highest BCUT2D eigenvalue weighted by molar-refractivity contribution is 7.48. The molecule has 11 nitrogen and oxygen atoms in total. The van der Waals surface area contributed by atoms with Gasteiger partial charge in [-0.1, -0.05) is 5.92 Å². The zero-order chi connectivity index (χ0) is 22.6. The molecule has 12 heteroatoms. The maximum Gasteiger partial charge on any atom is 0.475 e. The van der Waals surface area contributed by atoms with Gasteiger partial charge in [0.05, 0.1) is 19.8 Å². The molecule has 0 aromatic carbocycles. The predicted molar refractivity (Wildman–Crippen MR) is 106 cm³/mol. The van der Waals surface area contributed by atoms with Gasteiger partial charge in [-0.25, -0.2) is 9.36 Å². The molecule has 3 rings (SSSR count). The molecule has 0 radical (unpaired) electrons. The number of rotatable bonds is 8. The number of nitrogens with zero attached hydrogens (tertiary/aromatic N) is 1. The zero-order valence-electron chi connectivity index (χ0n) is 17.4. The van der Waals surface area contributed by atoms with E-state index in [1.165, 1.54) is 17.2 Å². The zero-order valence-corrected chi connectivity index (χ0v) is 18.3. The van der Waals surface area contributed by atoms with Crippen molar-refractivity contribution in [2.24, 2.45) is 5.41 Å². The van der Waals surface area contributed by atoms with Gasteiger partial charge in [0.25, 0.3) is 0 Å². The summed E-state index contributed by atoms with van der Waals surface area (Å²) in [4.78, 5) is 24.9. The van der Waals surface area contributed by atoms with Crippen LogP contribution in [0.4, 0.5) is 4.79 Å². The Morgan fingerprint density at radius 2 is 2.29 bits per heavy atom. The lowest BCUT2D eigenvalue weighted by Crippen LogP contribution is -2.54. The maximum atomic E-state index is 12.9. The molecule has 3 heterocycles. The molecule has 31 heavy (non-hydrogen) atoms. The first kappa shape index (κ1) is 23.7. The van der Waals surface area contributed by atoms with Crippen molar-refractivity contribution in [3.8, 4) is 12.3 Å². The number of nitrogens with one attached hydrogen (secondary N) is 1.